The Hall–Kier alpha value is -0.620. The van der Waals surface area contributed by atoms with Crippen molar-refractivity contribution in [3.8, 4) is 0 Å². The van der Waals surface area contributed by atoms with Crippen LogP contribution in [-0.4, -0.2) is 13.7 Å². The fourth-order valence-corrected chi connectivity index (χ4v) is 2.44. The number of hydrogen-bond acceptors (Lipinski definition) is 3. The normalized spacial score (nSPS) is 11.5. The molecule has 0 radical (unpaired) electrons. The van der Waals surface area contributed by atoms with Gasteiger partial charge in [0.1, 0.15) is 4.90 Å². The molecule has 0 fully saturated rings. The second-order valence-electron chi connectivity index (χ2n) is 2.92. The van der Waals surface area contributed by atoms with Crippen LogP contribution in [0.25, 0.3) is 0 Å². The van der Waals surface area contributed by atoms with Crippen LogP contribution in [0.5, 0.6) is 0 Å². The van der Waals surface area contributed by atoms with Gasteiger partial charge in [-0.1, -0.05) is 11.6 Å². The van der Waals surface area contributed by atoms with Crippen LogP contribution in [0.15, 0.2) is 17.0 Å². The van der Waals surface area contributed by atoms with Crippen LogP contribution in [0, 0.1) is 6.92 Å². The summed E-state index contributed by atoms with van der Waals surface area (Å²) in [6.07, 6.45) is 0. The highest BCUT2D eigenvalue weighted by Crippen LogP contribution is 2.25. The largest absolute Gasteiger partial charge is 0.276 e. The molecule has 0 aromatic heterocycles. The van der Waals surface area contributed by atoms with E-state index < -0.39 is 15.3 Å². The zero-order valence-electron chi connectivity index (χ0n) is 7.62. The summed E-state index contributed by atoms with van der Waals surface area (Å²) in [5.74, 6) is 0. The second-order valence-corrected chi connectivity index (χ2v) is 5.20. The first kappa shape index (κ1) is 12.4. The topological polar surface area (TPSA) is 77.2 Å². The van der Waals surface area contributed by atoms with Crippen molar-refractivity contribution in [1.29, 1.82) is 0 Å². The Labute approximate surface area is 97.0 Å². The third-order valence-electron chi connectivity index (χ3n) is 1.80. The molecule has 0 aliphatic carbocycles. The van der Waals surface area contributed by atoms with Gasteiger partial charge in [0.25, 0.3) is 5.24 Å². The van der Waals surface area contributed by atoms with Crippen LogP contribution < -0.4 is 5.14 Å². The maximum absolute atomic E-state index is 11.1. The van der Waals surface area contributed by atoms with Gasteiger partial charge in [-0.25, -0.2) is 13.6 Å². The number of halogens is 2. The SMILES string of the molecule is Cc1cc(Cl)c(S(N)(=O)=O)cc1C(=O)Cl. The zero-order chi connectivity index (χ0) is 11.8. The molecule has 0 atom stereocenters. The van der Waals surface area contributed by atoms with E-state index in [0.29, 0.717) is 5.56 Å². The molecule has 0 spiro atoms. The highest BCUT2D eigenvalue weighted by Gasteiger charge is 2.17. The van der Waals surface area contributed by atoms with Crippen LogP contribution in [0.2, 0.25) is 5.02 Å². The first-order chi connectivity index (χ1) is 6.73. The number of hydrogen-bond donors (Lipinski definition) is 1. The fraction of sp³-hybridized carbons (Fsp3) is 0.125. The fourth-order valence-electron chi connectivity index (χ4n) is 1.08. The number of carbonyl (C=O) groups is 1. The summed E-state index contributed by atoms with van der Waals surface area (Å²) in [4.78, 5) is 10.6. The Kier molecular flexibility index (Phi) is 3.40. The summed E-state index contributed by atoms with van der Waals surface area (Å²) in [5.41, 5.74) is 0.567. The first-order valence-corrected chi connectivity index (χ1v) is 6.06. The van der Waals surface area contributed by atoms with Crippen LogP contribution in [0.1, 0.15) is 15.9 Å². The van der Waals surface area contributed by atoms with Gasteiger partial charge in [-0.05, 0) is 36.2 Å². The molecule has 7 heteroatoms. The molecule has 0 unspecified atom stereocenters. The predicted molar refractivity (Wildman–Crippen MR) is 57.7 cm³/mol. The van der Waals surface area contributed by atoms with Gasteiger partial charge in [0, 0.05) is 5.56 Å². The van der Waals surface area contributed by atoms with Crippen molar-refractivity contribution >= 4 is 38.5 Å². The van der Waals surface area contributed by atoms with E-state index in [1.54, 1.807) is 6.92 Å². The minimum Gasteiger partial charge on any atom is -0.276 e. The number of benzene rings is 1. The standard InChI is InChI=1S/C8H7Cl2NO3S/c1-4-2-6(9)7(15(11,13)14)3-5(4)8(10)12/h2-3H,1H3,(H2,11,13,14). The maximum atomic E-state index is 11.1. The van der Waals surface area contributed by atoms with E-state index in [1.165, 1.54) is 6.07 Å². The van der Waals surface area contributed by atoms with Gasteiger partial charge in [-0.3, -0.25) is 4.79 Å². The van der Waals surface area contributed by atoms with Crippen molar-refractivity contribution in [3.05, 3.63) is 28.3 Å². The summed E-state index contributed by atoms with van der Waals surface area (Å²) >= 11 is 10.9. The molecule has 1 aromatic carbocycles. The number of sulfonamides is 1. The van der Waals surface area contributed by atoms with Crippen molar-refractivity contribution < 1.29 is 13.2 Å². The molecule has 1 rings (SSSR count). The monoisotopic (exact) mass is 267 g/mol. The van der Waals surface area contributed by atoms with Gasteiger partial charge in [0.05, 0.1) is 5.02 Å². The Balaban J connectivity index is 3.58. The average molecular weight is 268 g/mol. The van der Waals surface area contributed by atoms with Gasteiger partial charge in [-0.2, -0.15) is 0 Å². The number of carbonyl (C=O) groups excluding carboxylic acids is 1. The average Bonchev–Trinajstić information content (AvgIpc) is 2.00. The second kappa shape index (κ2) is 4.09. The Morgan fingerprint density at radius 1 is 1.40 bits per heavy atom. The van der Waals surface area contributed by atoms with Crippen molar-refractivity contribution in [2.24, 2.45) is 5.14 Å². The van der Waals surface area contributed by atoms with E-state index >= 15 is 0 Å². The van der Waals surface area contributed by atoms with Crippen LogP contribution in [0.3, 0.4) is 0 Å². The van der Waals surface area contributed by atoms with Crippen LogP contribution >= 0.6 is 23.2 Å². The van der Waals surface area contributed by atoms with Gasteiger partial charge >= 0.3 is 0 Å². The zero-order valence-corrected chi connectivity index (χ0v) is 9.95. The predicted octanol–water partition coefficient (Wildman–Crippen LogP) is 1.67. The van der Waals surface area contributed by atoms with Gasteiger partial charge in [-0.15, -0.1) is 0 Å². The summed E-state index contributed by atoms with van der Waals surface area (Å²) in [5, 5.41) is 4.12. The molecular formula is C8H7Cl2NO3S. The molecule has 1 aromatic rings. The lowest BCUT2D eigenvalue weighted by Crippen LogP contribution is -2.13. The maximum Gasteiger partial charge on any atom is 0.252 e. The van der Waals surface area contributed by atoms with Crippen LogP contribution in [-0.2, 0) is 10.0 Å². The van der Waals surface area contributed by atoms with E-state index in [-0.39, 0.29) is 15.5 Å². The smallest absolute Gasteiger partial charge is 0.252 e. The summed E-state index contributed by atoms with van der Waals surface area (Å²) < 4.78 is 22.2. The summed E-state index contributed by atoms with van der Waals surface area (Å²) in [6.45, 7) is 1.59. The van der Waals surface area contributed by atoms with E-state index in [4.69, 9.17) is 28.3 Å². The molecule has 0 aliphatic heterocycles. The number of aryl methyl sites for hydroxylation is 1. The minimum atomic E-state index is -3.95. The highest BCUT2D eigenvalue weighted by molar-refractivity contribution is 7.89. The first-order valence-electron chi connectivity index (χ1n) is 3.76. The molecule has 0 saturated carbocycles. The molecule has 2 N–H and O–H groups in total. The van der Waals surface area contributed by atoms with Crippen molar-refractivity contribution in [2.45, 2.75) is 11.8 Å². The third kappa shape index (κ3) is 2.69. The van der Waals surface area contributed by atoms with E-state index in [2.05, 4.69) is 0 Å². The molecule has 0 amide bonds. The molecule has 0 heterocycles. The molecule has 0 bridgehead atoms. The van der Waals surface area contributed by atoms with E-state index in [0.717, 1.165) is 6.07 Å². The summed E-state index contributed by atoms with van der Waals surface area (Å²) in [6, 6.07) is 2.40. The lowest BCUT2D eigenvalue weighted by Gasteiger charge is -2.06. The molecular weight excluding hydrogens is 261 g/mol. The third-order valence-corrected chi connectivity index (χ3v) is 3.38. The van der Waals surface area contributed by atoms with Gasteiger partial charge < -0.3 is 0 Å². The van der Waals surface area contributed by atoms with Crippen molar-refractivity contribution in [1.82, 2.24) is 0 Å². The Bertz CT molecular complexity index is 525. The number of nitrogens with two attached hydrogens (primary N) is 1. The lowest BCUT2D eigenvalue weighted by molar-refractivity contribution is 0.108. The van der Waals surface area contributed by atoms with Gasteiger partial charge in [0.15, 0.2) is 0 Å². The highest BCUT2D eigenvalue weighted by atomic mass is 35.5. The number of primary sulfonamides is 1. The summed E-state index contributed by atoms with van der Waals surface area (Å²) in [7, 11) is -3.95. The Morgan fingerprint density at radius 3 is 2.33 bits per heavy atom. The van der Waals surface area contributed by atoms with Crippen molar-refractivity contribution in [2.75, 3.05) is 0 Å². The molecule has 82 valence electrons. The quantitative estimate of drug-likeness (QED) is 0.829. The van der Waals surface area contributed by atoms with Crippen molar-refractivity contribution in [3.63, 3.8) is 0 Å². The van der Waals surface area contributed by atoms with Gasteiger partial charge in [0.2, 0.25) is 10.0 Å². The lowest BCUT2D eigenvalue weighted by atomic mass is 10.1. The minimum absolute atomic E-state index is 0.0309. The van der Waals surface area contributed by atoms with Crippen LogP contribution in [0.4, 0.5) is 0 Å². The molecule has 0 saturated heterocycles. The van der Waals surface area contributed by atoms with E-state index in [1.807, 2.05) is 0 Å². The number of rotatable bonds is 2. The molecule has 15 heavy (non-hydrogen) atoms. The molecule has 4 nitrogen and oxygen atoms in total. The van der Waals surface area contributed by atoms with E-state index in [9.17, 15) is 13.2 Å². The molecule has 0 aliphatic rings. The Morgan fingerprint density at radius 2 is 1.93 bits per heavy atom.